The van der Waals surface area contributed by atoms with Crippen molar-refractivity contribution in [2.75, 3.05) is 24.7 Å². The van der Waals surface area contributed by atoms with Gasteiger partial charge in [-0.1, -0.05) is 32.6 Å². The minimum absolute atomic E-state index is 0.0215. The van der Waals surface area contributed by atoms with Gasteiger partial charge in [0.25, 0.3) is 5.91 Å². The van der Waals surface area contributed by atoms with Crippen molar-refractivity contribution in [3.05, 3.63) is 42.2 Å². The number of fused-ring (bicyclic) bond motifs is 1. The molecule has 0 atom stereocenters. The van der Waals surface area contributed by atoms with E-state index in [1.807, 2.05) is 30.3 Å². The molecule has 1 aliphatic carbocycles. The molecule has 0 unspecified atom stereocenters. The molecule has 0 aliphatic heterocycles. The summed E-state index contributed by atoms with van der Waals surface area (Å²) in [6.45, 7) is 2.12. The van der Waals surface area contributed by atoms with Crippen molar-refractivity contribution in [1.29, 1.82) is 0 Å². The Balaban J connectivity index is 1.53. The Morgan fingerprint density at radius 2 is 1.79 bits per heavy atom. The van der Waals surface area contributed by atoms with Crippen LogP contribution < -0.4 is 10.6 Å². The molecule has 2 heterocycles. The van der Waals surface area contributed by atoms with Gasteiger partial charge in [0.1, 0.15) is 11.3 Å². The summed E-state index contributed by atoms with van der Waals surface area (Å²) in [6.07, 6.45) is 9.82. The Labute approximate surface area is 200 Å². The average molecular weight is 463 g/mol. The first-order valence-electron chi connectivity index (χ1n) is 12.2. The zero-order valence-corrected chi connectivity index (χ0v) is 20.3. The number of aromatic nitrogens is 3. The number of rotatable bonds is 9. The van der Waals surface area contributed by atoms with Gasteiger partial charge in [-0.25, -0.2) is 4.98 Å². The number of carbonyl (C=O) groups is 2. The summed E-state index contributed by atoms with van der Waals surface area (Å²) in [6, 6.07) is 9.71. The second-order valence-electron chi connectivity index (χ2n) is 9.22. The number of nitrogens with zero attached hydrogens (tertiary/aromatic N) is 4. The molecule has 0 spiro atoms. The molecular formula is C26H34N6O2. The van der Waals surface area contributed by atoms with Gasteiger partial charge in [0, 0.05) is 49.5 Å². The van der Waals surface area contributed by atoms with Crippen LogP contribution >= 0.6 is 0 Å². The lowest BCUT2D eigenvalue weighted by Crippen LogP contribution is -2.25. The summed E-state index contributed by atoms with van der Waals surface area (Å²) in [5, 5.41) is 7.06. The van der Waals surface area contributed by atoms with Gasteiger partial charge in [0.15, 0.2) is 0 Å². The smallest absolute Gasteiger partial charge is 0.270 e. The van der Waals surface area contributed by atoms with E-state index >= 15 is 0 Å². The monoisotopic (exact) mass is 462 g/mol. The summed E-state index contributed by atoms with van der Waals surface area (Å²) < 4.78 is 2.11. The predicted molar refractivity (Wildman–Crippen MR) is 136 cm³/mol. The highest BCUT2D eigenvalue weighted by Gasteiger charge is 2.26. The van der Waals surface area contributed by atoms with Crippen LogP contribution in [0.15, 0.2) is 36.5 Å². The van der Waals surface area contributed by atoms with E-state index in [2.05, 4.69) is 27.1 Å². The molecule has 0 radical (unpaired) electrons. The highest BCUT2D eigenvalue weighted by Crippen LogP contribution is 2.35. The molecule has 8 nitrogen and oxygen atoms in total. The number of nitrogens with one attached hydrogen (secondary N) is 2. The summed E-state index contributed by atoms with van der Waals surface area (Å²) in [5.74, 6) is 0.496. The van der Waals surface area contributed by atoms with Gasteiger partial charge in [-0.05, 0) is 49.6 Å². The van der Waals surface area contributed by atoms with Crippen molar-refractivity contribution >= 4 is 40.2 Å². The molecule has 0 saturated heterocycles. The molecule has 4 rings (SSSR count). The van der Waals surface area contributed by atoms with Crippen LogP contribution in [0.3, 0.4) is 0 Å². The lowest BCUT2D eigenvalue weighted by molar-refractivity contribution is -0.116. The molecule has 180 valence electrons. The van der Waals surface area contributed by atoms with E-state index in [-0.39, 0.29) is 17.9 Å². The summed E-state index contributed by atoms with van der Waals surface area (Å²) in [5.41, 5.74) is 3.04. The number of hydrogen-bond donors (Lipinski definition) is 2. The number of hydrogen-bond acceptors (Lipinski definition) is 5. The van der Waals surface area contributed by atoms with Crippen LogP contribution in [0.2, 0.25) is 0 Å². The molecule has 2 N–H and O–H groups in total. The van der Waals surface area contributed by atoms with Gasteiger partial charge in [0.05, 0.1) is 0 Å². The molecule has 1 fully saturated rings. The maximum Gasteiger partial charge on any atom is 0.270 e. The first-order valence-corrected chi connectivity index (χ1v) is 12.2. The fourth-order valence-corrected chi connectivity index (χ4v) is 4.52. The molecule has 1 aromatic carbocycles. The maximum absolute atomic E-state index is 12.9. The van der Waals surface area contributed by atoms with Gasteiger partial charge in [0.2, 0.25) is 11.9 Å². The first kappa shape index (κ1) is 23.7. The lowest BCUT2D eigenvalue weighted by Gasteiger charge is -2.19. The van der Waals surface area contributed by atoms with Crippen LogP contribution in [0.4, 0.5) is 17.3 Å². The van der Waals surface area contributed by atoms with E-state index in [0.717, 1.165) is 67.4 Å². The highest BCUT2D eigenvalue weighted by molar-refractivity contribution is 5.98. The summed E-state index contributed by atoms with van der Waals surface area (Å²) >= 11 is 0. The quantitative estimate of drug-likeness (QED) is 0.409. The van der Waals surface area contributed by atoms with Crippen LogP contribution in [-0.4, -0.2) is 45.3 Å². The number of unbranched alkanes of at least 4 members (excludes halogenated alkanes) is 2. The average Bonchev–Trinajstić information content (AvgIpc) is 3.47. The zero-order valence-electron chi connectivity index (χ0n) is 20.3. The molecular weight excluding hydrogens is 428 g/mol. The normalized spacial score (nSPS) is 13.9. The van der Waals surface area contributed by atoms with Crippen molar-refractivity contribution in [3.63, 3.8) is 0 Å². The lowest BCUT2D eigenvalue weighted by atomic mass is 10.2. The van der Waals surface area contributed by atoms with Gasteiger partial charge in [-0.15, -0.1) is 0 Å². The van der Waals surface area contributed by atoms with Crippen molar-refractivity contribution < 1.29 is 9.59 Å². The molecule has 8 heteroatoms. The van der Waals surface area contributed by atoms with Crippen LogP contribution in [0, 0.1) is 0 Å². The highest BCUT2D eigenvalue weighted by atomic mass is 16.2. The Bertz CT molecular complexity index is 1150. The molecule has 2 aromatic heterocycles. The third kappa shape index (κ3) is 5.38. The van der Waals surface area contributed by atoms with Crippen molar-refractivity contribution in [2.24, 2.45) is 0 Å². The largest absolute Gasteiger partial charge is 0.343 e. The van der Waals surface area contributed by atoms with E-state index in [1.165, 1.54) is 0 Å². The molecule has 2 amide bonds. The first-order chi connectivity index (χ1) is 16.5. The molecule has 1 saturated carbocycles. The molecule has 0 bridgehead atoms. The maximum atomic E-state index is 12.9. The van der Waals surface area contributed by atoms with E-state index in [9.17, 15) is 9.59 Å². The van der Waals surface area contributed by atoms with E-state index < -0.39 is 0 Å². The minimum Gasteiger partial charge on any atom is -0.343 e. The predicted octanol–water partition coefficient (Wildman–Crippen LogP) is 5.51. The van der Waals surface area contributed by atoms with E-state index in [0.29, 0.717) is 18.1 Å². The van der Waals surface area contributed by atoms with Crippen LogP contribution in [0.25, 0.3) is 11.0 Å². The van der Waals surface area contributed by atoms with Crippen LogP contribution in [0.1, 0.15) is 74.8 Å². The molecule has 34 heavy (non-hydrogen) atoms. The third-order valence-electron chi connectivity index (χ3n) is 6.32. The van der Waals surface area contributed by atoms with Crippen molar-refractivity contribution in [2.45, 2.75) is 64.3 Å². The van der Waals surface area contributed by atoms with Crippen LogP contribution in [-0.2, 0) is 4.79 Å². The number of benzene rings is 1. The van der Waals surface area contributed by atoms with Gasteiger partial charge in [-0.3, -0.25) is 9.59 Å². The van der Waals surface area contributed by atoms with E-state index in [1.54, 1.807) is 25.2 Å². The number of amides is 2. The molecule has 1 aliphatic rings. The topological polar surface area (TPSA) is 92.1 Å². The standard InChI is InChI=1S/C26H34N6O2/c1-4-5-6-11-23(33)28-19-12-14-20(15-13-19)29-26-27-17-18-16-22(25(34)31(2)3)32(24(18)30-26)21-9-7-8-10-21/h12-17,21H,4-11H2,1-3H3,(H,28,33)(H,27,29,30). The SMILES string of the molecule is CCCCCC(=O)Nc1ccc(Nc2ncc3cc(C(=O)N(C)C)n(C4CCCC4)c3n2)cc1. The third-order valence-corrected chi connectivity index (χ3v) is 6.32. The second-order valence-corrected chi connectivity index (χ2v) is 9.22. The Kier molecular flexibility index (Phi) is 7.45. The van der Waals surface area contributed by atoms with E-state index in [4.69, 9.17) is 4.98 Å². The van der Waals surface area contributed by atoms with Crippen LogP contribution in [0.5, 0.6) is 0 Å². The fraction of sp³-hybridized carbons (Fsp3) is 0.462. The van der Waals surface area contributed by atoms with Crippen molar-refractivity contribution in [1.82, 2.24) is 19.4 Å². The molecule has 3 aromatic rings. The summed E-state index contributed by atoms with van der Waals surface area (Å²) in [7, 11) is 3.55. The van der Waals surface area contributed by atoms with Gasteiger partial charge < -0.3 is 20.1 Å². The number of anilines is 3. The second kappa shape index (κ2) is 10.7. The minimum atomic E-state index is -0.0215. The Morgan fingerprint density at radius 3 is 2.47 bits per heavy atom. The van der Waals surface area contributed by atoms with Crippen molar-refractivity contribution in [3.8, 4) is 0 Å². The summed E-state index contributed by atoms with van der Waals surface area (Å²) in [4.78, 5) is 35.8. The number of carbonyl (C=O) groups excluding carboxylic acids is 2. The van der Waals surface area contributed by atoms with Gasteiger partial charge >= 0.3 is 0 Å². The van der Waals surface area contributed by atoms with Gasteiger partial charge in [-0.2, -0.15) is 4.98 Å². The Hall–Kier alpha value is -3.42. The zero-order chi connectivity index (χ0) is 24.1. The fourth-order valence-electron chi connectivity index (χ4n) is 4.52. The Morgan fingerprint density at radius 1 is 1.09 bits per heavy atom.